The van der Waals surface area contributed by atoms with E-state index in [1.54, 1.807) is 0 Å². The van der Waals surface area contributed by atoms with Gasteiger partial charge < -0.3 is 5.73 Å². The third-order valence-electron chi connectivity index (χ3n) is 4.04. The largest absolute Gasteiger partial charge is 0.327 e. The van der Waals surface area contributed by atoms with Crippen LogP contribution in [0.1, 0.15) is 44.9 Å². The topological polar surface area (TPSA) is 29.3 Å². The highest BCUT2D eigenvalue weighted by Crippen LogP contribution is 2.30. The molecular formula is C12H23FN2. The predicted octanol–water partition coefficient (Wildman–Crippen LogP) is 2.08. The van der Waals surface area contributed by atoms with E-state index < -0.39 is 5.67 Å². The Morgan fingerprint density at radius 3 is 2.40 bits per heavy atom. The summed E-state index contributed by atoms with van der Waals surface area (Å²) in [4.78, 5) is 2.35. The van der Waals surface area contributed by atoms with Gasteiger partial charge in [-0.2, -0.15) is 0 Å². The Bertz CT molecular complexity index is 202. The Hall–Kier alpha value is -0.150. The van der Waals surface area contributed by atoms with E-state index in [4.69, 9.17) is 5.73 Å². The van der Waals surface area contributed by atoms with E-state index in [0.29, 0.717) is 19.0 Å². The van der Waals surface area contributed by atoms with Crippen LogP contribution in [0.2, 0.25) is 0 Å². The molecule has 1 saturated carbocycles. The van der Waals surface area contributed by atoms with Crippen LogP contribution in [0.3, 0.4) is 0 Å². The zero-order chi connectivity index (χ0) is 10.7. The summed E-state index contributed by atoms with van der Waals surface area (Å²) in [5.41, 5.74) is 4.40. The highest BCUT2D eigenvalue weighted by molar-refractivity contribution is 4.94. The smallest absolute Gasteiger partial charge is 0.137 e. The summed E-state index contributed by atoms with van der Waals surface area (Å²) in [6.45, 7) is 1.68. The Labute approximate surface area is 92.0 Å². The summed E-state index contributed by atoms with van der Waals surface area (Å²) in [5, 5.41) is 0. The van der Waals surface area contributed by atoms with Crippen LogP contribution < -0.4 is 5.73 Å². The molecule has 0 radical (unpaired) electrons. The first kappa shape index (κ1) is 11.3. The molecule has 2 nitrogen and oxygen atoms in total. The van der Waals surface area contributed by atoms with Crippen molar-refractivity contribution in [1.29, 1.82) is 0 Å². The molecule has 2 aliphatic rings. The molecule has 1 aliphatic carbocycles. The maximum absolute atomic E-state index is 14.0. The van der Waals surface area contributed by atoms with Crippen molar-refractivity contribution in [1.82, 2.24) is 4.90 Å². The molecule has 0 aromatic rings. The predicted molar refractivity (Wildman–Crippen MR) is 60.6 cm³/mol. The zero-order valence-corrected chi connectivity index (χ0v) is 9.55. The van der Waals surface area contributed by atoms with Crippen LogP contribution >= 0.6 is 0 Å². The summed E-state index contributed by atoms with van der Waals surface area (Å²) in [5.74, 6) is 0. The van der Waals surface area contributed by atoms with Crippen molar-refractivity contribution in [3.63, 3.8) is 0 Å². The third-order valence-corrected chi connectivity index (χ3v) is 4.04. The van der Waals surface area contributed by atoms with E-state index >= 15 is 0 Å². The van der Waals surface area contributed by atoms with Crippen molar-refractivity contribution in [3.8, 4) is 0 Å². The monoisotopic (exact) mass is 214 g/mol. The number of nitrogens with zero attached hydrogens (tertiary/aromatic N) is 1. The second-order valence-electron chi connectivity index (χ2n) is 5.22. The fraction of sp³-hybridized carbons (Fsp3) is 1.00. The zero-order valence-electron chi connectivity index (χ0n) is 9.55. The van der Waals surface area contributed by atoms with Gasteiger partial charge in [-0.1, -0.05) is 25.7 Å². The van der Waals surface area contributed by atoms with Crippen LogP contribution in [0.4, 0.5) is 4.39 Å². The number of rotatable bonds is 2. The second kappa shape index (κ2) is 4.79. The summed E-state index contributed by atoms with van der Waals surface area (Å²) < 4.78 is 14.0. The van der Waals surface area contributed by atoms with Crippen LogP contribution in [0, 0.1) is 0 Å². The highest BCUT2D eigenvalue weighted by atomic mass is 19.1. The minimum atomic E-state index is -1.09. The average molecular weight is 214 g/mol. The maximum atomic E-state index is 14.0. The Kier molecular flexibility index (Phi) is 3.62. The molecule has 0 aromatic heterocycles. The van der Waals surface area contributed by atoms with E-state index in [-0.39, 0.29) is 6.54 Å². The number of nitrogens with two attached hydrogens (primary N) is 1. The Morgan fingerprint density at radius 2 is 1.87 bits per heavy atom. The SMILES string of the molecule is NCC1(F)CCN(C2CCCCCC2)C1. The first-order chi connectivity index (χ1) is 7.23. The summed E-state index contributed by atoms with van der Waals surface area (Å²) >= 11 is 0. The number of likely N-dealkylation sites (tertiary alicyclic amines) is 1. The van der Waals surface area contributed by atoms with Gasteiger partial charge in [-0.15, -0.1) is 0 Å². The summed E-state index contributed by atoms with van der Waals surface area (Å²) in [6.07, 6.45) is 8.54. The van der Waals surface area contributed by atoms with Gasteiger partial charge in [0.25, 0.3) is 0 Å². The van der Waals surface area contributed by atoms with Gasteiger partial charge in [-0.05, 0) is 19.3 Å². The van der Waals surface area contributed by atoms with Crippen LogP contribution in [-0.2, 0) is 0 Å². The molecule has 1 saturated heterocycles. The van der Waals surface area contributed by atoms with Gasteiger partial charge in [0.2, 0.25) is 0 Å². The fourth-order valence-corrected chi connectivity index (χ4v) is 2.97. The lowest BCUT2D eigenvalue weighted by atomic mass is 10.1. The molecule has 2 N–H and O–H groups in total. The van der Waals surface area contributed by atoms with Gasteiger partial charge in [-0.3, -0.25) is 4.90 Å². The van der Waals surface area contributed by atoms with Crippen LogP contribution in [0.5, 0.6) is 0 Å². The molecule has 88 valence electrons. The van der Waals surface area contributed by atoms with Gasteiger partial charge in [0.15, 0.2) is 0 Å². The molecule has 0 aromatic carbocycles. The molecule has 1 unspecified atom stereocenters. The third kappa shape index (κ3) is 2.70. The molecule has 1 aliphatic heterocycles. The van der Waals surface area contributed by atoms with Crippen LogP contribution in [0.25, 0.3) is 0 Å². The Morgan fingerprint density at radius 1 is 1.20 bits per heavy atom. The molecule has 0 spiro atoms. The number of halogens is 1. The van der Waals surface area contributed by atoms with Gasteiger partial charge >= 0.3 is 0 Å². The normalized spacial score (nSPS) is 35.6. The number of hydrogen-bond donors (Lipinski definition) is 1. The van der Waals surface area contributed by atoms with Crippen molar-refractivity contribution in [2.75, 3.05) is 19.6 Å². The van der Waals surface area contributed by atoms with Gasteiger partial charge in [0.1, 0.15) is 5.67 Å². The van der Waals surface area contributed by atoms with Crippen LogP contribution in [0.15, 0.2) is 0 Å². The summed E-state index contributed by atoms with van der Waals surface area (Å²) in [7, 11) is 0. The lowest BCUT2D eigenvalue weighted by Gasteiger charge is -2.27. The van der Waals surface area contributed by atoms with Gasteiger partial charge in [0, 0.05) is 25.7 Å². The van der Waals surface area contributed by atoms with E-state index in [2.05, 4.69) is 4.90 Å². The first-order valence-electron chi connectivity index (χ1n) is 6.37. The molecule has 2 fully saturated rings. The van der Waals surface area contributed by atoms with Crippen molar-refractivity contribution >= 4 is 0 Å². The average Bonchev–Trinajstić information content (AvgIpc) is 2.50. The van der Waals surface area contributed by atoms with Crippen LogP contribution in [-0.4, -0.2) is 36.2 Å². The maximum Gasteiger partial charge on any atom is 0.137 e. The van der Waals surface area contributed by atoms with Gasteiger partial charge in [0.05, 0.1) is 0 Å². The van der Waals surface area contributed by atoms with Crippen molar-refractivity contribution in [2.45, 2.75) is 56.7 Å². The minimum absolute atomic E-state index is 0.191. The number of alkyl halides is 1. The molecule has 3 heteroatoms. The quantitative estimate of drug-likeness (QED) is 0.713. The van der Waals surface area contributed by atoms with Crippen molar-refractivity contribution in [2.24, 2.45) is 5.73 Å². The molecular weight excluding hydrogens is 191 g/mol. The number of hydrogen-bond acceptors (Lipinski definition) is 2. The molecule has 0 amide bonds. The second-order valence-corrected chi connectivity index (χ2v) is 5.22. The van der Waals surface area contributed by atoms with Gasteiger partial charge in [-0.25, -0.2) is 4.39 Å². The molecule has 2 rings (SSSR count). The minimum Gasteiger partial charge on any atom is -0.327 e. The highest BCUT2D eigenvalue weighted by Gasteiger charge is 2.39. The Balaban J connectivity index is 1.88. The lowest BCUT2D eigenvalue weighted by Crippen LogP contribution is -2.40. The molecule has 1 heterocycles. The fourth-order valence-electron chi connectivity index (χ4n) is 2.97. The molecule has 0 bridgehead atoms. The summed E-state index contributed by atoms with van der Waals surface area (Å²) in [6, 6.07) is 0.636. The van der Waals surface area contributed by atoms with E-state index in [9.17, 15) is 4.39 Å². The first-order valence-corrected chi connectivity index (χ1v) is 6.37. The van der Waals surface area contributed by atoms with E-state index in [0.717, 1.165) is 6.54 Å². The molecule has 15 heavy (non-hydrogen) atoms. The standard InChI is InChI=1S/C12H23FN2/c13-12(9-14)7-8-15(10-12)11-5-3-1-2-4-6-11/h11H,1-10,14H2. The van der Waals surface area contributed by atoms with Crippen molar-refractivity contribution in [3.05, 3.63) is 0 Å². The molecule has 1 atom stereocenters. The van der Waals surface area contributed by atoms with E-state index in [1.807, 2.05) is 0 Å². The van der Waals surface area contributed by atoms with Crippen molar-refractivity contribution < 1.29 is 4.39 Å². The lowest BCUT2D eigenvalue weighted by molar-refractivity contribution is 0.147. The van der Waals surface area contributed by atoms with E-state index in [1.165, 1.54) is 38.5 Å².